The van der Waals surface area contributed by atoms with Gasteiger partial charge in [0.15, 0.2) is 0 Å². The third-order valence-electron chi connectivity index (χ3n) is 5.94. The molecule has 0 spiro atoms. The topological polar surface area (TPSA) is 105 Å². The van der Waals surface area contributed by atoms with Crippen LogP contribution in [0.2, 0.25) is 0 Å². The maximum atomic E-state index is 12.7. The zero-order valence-corrected chi connectivity index (χ0v) is 18.7. The second-order valence-corrected chi connectivity index (χ2v) is 8.49. The van der Waals surface area contributed by atoms with Crippen molar-refractivity contribution in [2.24, 2.45) is 5.73 Å². The largest absolute Gasteiger partial charge is 0.369 e. The van der Waals surface area contributed by atoms with E-state index in [1.807, 2.05) is 30.0 Å². The minimum atomic E-state index is -0.486. The zero-order chi connectivity index (χ0) is 22.7. The Kier molecular flexibility index (Phi) is 6.66. The number of likely N-dealkylation sites (tertiary alicyclic amines) is 1. The Balaban J connectivity index is 1.62. The maximum Gasteiger partial charge on any atom is 0.248 e. The van der Waals surface area contributed by atoms with Crippen LogP contribution in [0.3, 0.4) is 0 Å². The summed E-state index contributed by atoms with van der Waals surface area (Å²) in [5.74, 6) is 0.262. The van der Waals surface area contributed by atoms with Crippen LogP contribution >= 0.6 is 0 Å². The van der Waals surface area contributed by atoms with Crippen molar-refractivity contribution in [2.45, 2.75) is 18.9 Å². The Labute approximate surface area is 188 Å². The van der Waals surface area contributed by atoms with Gasteiger partial charge in [-0.2, -0.15) is 0 Å². The standard InChI is InChI=1S/C23H30N6O3/c1-27(2)23-25-13-18(16-6-5-7-17(12-16)22(24)31)21(26-23)19-14-28(10-11-32-19)15-20(30)29-8-3-4-9-29/h5-7,12-13,19H,3-4,8-11,14-15H2,1-2H3,(H2,24,31). The van der Waals surface area contributed by atoms with Crippen molar-refractivity contribution in [2.75, 3.05) is 58.3 Å². The molecule has 2 aliphatic rings. The number of benzene rings is 1. The number of amides is 2. The fraction of sp³-hybridized carbons (Fsp3) is 0.478. The number of carbonyl (C=O) groups is 2. The van der Waals surface area contributed by atoms with Gasteiger partial charge in [0.05, 0.1) is 18.8 Å². The molecule has 2 fully saturated rings. The smallest absolute Gasteiger partial charge is 0.248 e. The first kappa shape index (κ1) is 22.2. The molecular weight excluding hydrogens is 408 g/mol. The normalized spacial score (nSPS) is 19.2. The van der Waals surface area contributed by atoms with Gasteiger partial charge in [0.2, 0.25) is 17.8 Å². The molecule has 9 heteroatoms. The number of nitrogens with two attached hydrogens (primary N) is 1. The lowest BCUT2D eigenvalue weighted by Gasteiger charge is -2.34. The van der Waals surface area contributed by atoms with E-state index in [2.05, 4.69) is 9.88 Å². The highest BCUT2D eigenvalue weighted by Gasteiger charge is 2.29. The van der Waals surface area contributed by atoms with Crippen molar-refractivity contribution in [1.82, 2.24) is 19.8 Å². The average molecular weight is 439 g/mol. The molecule has 2 aliphatic heterocycles. The molecule has 2 amide bonds. The average Bonchev–Trinajstić information content (AvgIpc) is 3.34. The van der Waals surface area contributed by atoms with E-state index in [9.17, 15) is 9.59 Å². The summed E-state index contributed by atoms with van der Waals surface area (Å²) in [7, 11) is 3.77. The summed E-state index contributed by atoms with van der Waals surface area (Å²) in [6.45, 7) is 3.87. The number of rotatable bonds is 6. The quantitative estimate of drug-likeness (QED) is 0.725. The van der Waals surface area contributed by atoms with Crippen LogP contribution < -0.4 is 10.6 Å². The molecule has 9 nitrogen and oxygen atoms in total. The van der Waals surface area contributed by atoms with Gasteiger partial charge in [0.25, 0.3) is 0 Å². The van der Waals surface area contributed by atoms with Crippen LogP contribution in [0.1, 0.15) is 35.0 Å². The number of nitrogens with zero attached hydrogens (tertiary/aromatic N) is 5. The molecule has 1 aromatic carbocycles. The summed E-state index contributed by atoms with van der Waals surface area (Å²) in [6.07, 6.45) is 3.61. The summed E-state index contributed by atoms with van der Waals surface area (Å²) in [5, 5.41) is 0. The number of ether oxygens (including phenoxy) is 1. The minimum Gasteiger partial charge on any atom is -0.369 e. The molecular formula is C23H30N6O3. The third kappa shape index (κ3) is 4.89. The van der Waals surface area contributed by atoms with E-state index in [1.165, 1.54) is 0 Å². The number of morpholine rings is 1. The second-order valence-electron chi connectivity index (χ2n) is 8.49. The monoisotopic (exact) mass is 438 g/mol. The SMILES string of the molecule is CN(C)c1ncc(-c2cccc(C(N)=O)c2)c(C2CN(CC(=O)N3CCCC3)CCO2)n1. The fourth-order valence-electron chi connectivity index (χ4n) is 4.18. The van der Waals surface area contributed by atoms with Crippen LogP contribution in [-0.4, -0.2) is 85.0 Å². The Bertz CT molecular complexity index is 989. The number of primary amides is 1. The second kappa shape index (κ2) is 9.62. The number of aromatic nitrogens is 2. The first-order valence-electron chi connectivity index (χ1n) is 11.0. The third-order valence-corrected chi connectivity index (χ3v) is 5.94. The van der Waals surface area contributed by atoms with Crippen LogP contribution in [0.15, 0.2) is 30.5 Å². The van der Waals surface area contributed by atoms with Crippen LogP contribution in [0.5, 0.6) is 0 Å². The number of carbonyl (C=O) groups excluding carboxylic acids is 2. The van der Waals surface area contributed by atoms with Crippen molar-refractivity contribution in [3.8, 4) is 11.1 Å². The Morgan fingerprint density at radius 1 is 1.22 bits per heavy atom. The molecule has 1 aromatic heterocycles. The van der Waals surface area contributed by atoms with Crippen molar-refractivity contribution < 1.29 is 14.3 Å². The van der Waals surface area contributed by atoms with Gasteiger partial charge in [-0.15, -0.1) is 0 Å². The highest BCUT2D eigenvalue weighted by molar-refractivity contribution is 5.94. The van der Waals surface area contributed by atoms with Crippen molar-refractivity contribution in [3.05, 3.63) is 41.7 Å². The van der Waals surface area contributed by atoms with Crippen LogP contribution in [0.4, 0.5) is 5.95 Å². The first-order chi connectivity index (χ1) is 15.4. The summed E-state index contributed by atoms with van der Waals surface area (Å²) >= 11 is 0. The molecule has 0 bridgehead atoms. The zero-order valence-electron chi connectivity index (χ0n) is 18.7. The van der Waals surface area contributed by atoms with Crippen molar-refractivity contribution in [3.63, 3.8) is 0 Å². The summed E-state index contributed by atoms with van der Waals surface area (Å²) in [4.78, 5) is 39.5. The Hall–Kier alpha value is -3.04. The molecule has 0 radical (unpaired) electrons. The molecule has 1 atom stereocenters. The summed E-state index contributed by atoms with van der Waals surface area (Å²) < 4.78 is 6.11. The molecule has 0 aliphatic carbocycles. The predicted molar refractivity (Wildman–Crippen MR) is 121 cm³/mol. The van der Waals surface area contributed by atoms with E-state index in [0.717, 1.165) is 42.8 Å². The lowest BCUT2D eigenvalue weighted by molar-refractivity contribution is -0.133. The van der Waals surface area contributed by atoms with Gasteiger partial charge in [0, 0.05) is 57.6 Å². The molecule has 32 heavy (non-hydrogen) atoms. The number of anilines is 1. The van der Waals surface area contributed by atoms with Gasteiger partial charge in [0.1, 0.15) is 6.10 Å². The van der Waals surface area contributed by atoms with E-state index < -0.39 is 5.91 Å². The van der Waals surface area contributed by atoms with E-state index in [-0.39, 0.29) is 12.0 Å². The van der Waals surface area contributed by atoms with Gasteiger partial charge in [-0.05, 0) is 30.5 Å². The lowest BCUT2D eigenvalue weighted by Crippen LogP contribution is -2.45. The number of hydrogen-bond acceptors (Lipinski definition) is 7. The molecule has 3 heterocycles. The minimum absolute atomic E-state index is 0.175. The van der Waals surface area contributed by atoms with Gasteiger partial charge in [-0.1, -0.05) is 12.1 Å². The van der Waals surface area contributed by atoms with Crippen molar-refractivity contribution in [1.29, 1.82) is 0 Å². The summed E-state index contributed by atoms with van der Waals surface area (Å²) in [6, 6.07) is 7.13. The molecule has 4 rings (SSSR count). The highest BCUT2D eigenvalue weighted by Crippen LogP contribution is 2.32. The van der Waals surface area contributed by atoms with E-state index in [1.54, 1.807) is 24.4 Å². The maximum absolute atomic E-state index is 12.7. The van der Waals surface area contributed by atoms with Crippen LogP contribution in [0, 0.1) is 0 Å². The first-order valence-corrected chi connectivity index (χ1v) is 11.0. The fourth-order valence-corrected chi connectivity index (χ4v) is 4.18. The molecule has 2 N–H and O–H groups in total. The van der Waals surface area contributed by atoms with Crippen molar-refractivity contribution >= 4 is 17.8 Å². The van der Waals surface area contributed by atoms with Gasteiger partial charge in [-0.3, -0.25) is 14.5 Å². The van der Waals surface area contributed by atoms with Crippen LogP contribution in [-0.2, 0) is 9.53 Å². The van der Waals surface area contributed by atoms with Crippen LogP contribution in [0.25, 0.3) is 11.1 Å². The van der Waals surface area contributed by atoms with E-state index in [0.29, 0.717) is 37.8 Å². The highest BCUT2D eigenvalue weighted by atomic mass is 16.5. The molecule has 1 unspecified atom stereocenters. The lowest BCUT2D eigenvalue weighted by atomic mass is 9.99. The summed E-state index contributed by atoms with van der Waals surface area (Å²) in [5.41, 5.74) is 8.23. The molecule has 2 saturated heterocycles. The predicted octanol–water partition coefficient (Wildman–Crippen LogP) is 1.30. The van der Waals surface area contributed by atoms with Gasteiger partial charge < -0.3 is 20.3 Å². The van der Waals surface area contributed by atoms with E-state index >= 15 is 0 Å². The molecule has 2 aromatic rings. The Morgan fingerprint density at radius 2 is 2.00 bits per heavy atom. The number of hydrogen-bond donors (Lipinski definition) is 1. The van der Waals surface area contributed by atoms with Gasteiger partial charge in [-0.25, -0.2) is 9.97 Å². The Morgan fingerprint density at radius 3 is 2.72 bits per heavy atom. The molecule has 0 saturated carbocycles. The molecule has 170 valence electrons. The van der Waals surface area contributed by atoms with E-state index in [4.69, 9.17) is 15.5 Å². The van der Waals surface area contributed by atoms with Gasteiger partial charge >= 0.3 is 0 Å².